The molecule has 1 amide bonds. The number of guanidine groups is 1. The summed E-state index contributed by atoms with van der Waals surface area (Å²) in [5, 5.41) is 9.11. The number of aromatic nitrogens is 1. The normalized spacial score (nSPS) is 10.8. The van der Waals surface area contributed by atoms with E-state index in [1.54, 1.807) is 24.4 Å². The Bertz CT molecular complexity index is 750. The first-order valence-corrected chi connectivity index (χ1v) is 9.06. The molecular weight excluding hydrogens is 472 g/mol. The van der Waals surface area contributed by atoms with E-state index in [1.165, 1.54) is 12.1 Å². The van der Waals surface area contributed by atoms with Crippen molar-refractivity contribution in [3.63, 3.8) is 0 Å². The number of benzene rings is 1. The van der Waals surface area contributed by atoms with Gasteiger partial charge in [-0.25, -0.2) is 9.37 Å². The van der Waals surface area contributed by atoms with Crippen molar-refractivity contribution in [3.8, 4) is 0 Å². The molecule has 2 aromatic rings. The molecule has 1 heterocycles. The molecule has 0 fully saturated rings. The largest absolute Gasteiger partial charge is 0.357 e. The monoisotopic (exact) mass is 499 g/mol. The average molecular weight is 499 g/mol. The fourth-order valence-electron chi connectivity index (χ4n) is 2.33. The van der Waals surface area contributed by atoms with E-state index in [2.05, 4.69) is 25.9 Å². The minimum absolute atomic E-state index is 0. The van der Waals surface area contributed by atoms with Crippen LogP contribution in [0.3, 0.4) is 0 Å². The van der Waals surface area contributed by atoms with Gasteiger partial charge in [-0.2, -0.15) is 0 Å². The lowest BCUT2D eigenvalue weighted by atomic mass is 10.1. The maximum atomic E-state index is 12.9. The molecule has 1 aromatic heterocycles. The van der Waals surface area contributed by atoms with Gasteiger partial charge in [0.25, 0.3) is 0 Å². The molecule has 0 spiro atoms. The molecule has 0 saturated heterocycles. The number of pyridine rings is 1. The zero-order valence-electron chi connectivity index (χ0n) is 16.2. The van der Waals surface area contributed by atoms with Crippen molar-refractivity contribution in [2.24, 2.45) is 4.99 Å². The highest BCUT2D eigenvalue weighted by atomic mass is 127. The quantitative estimate of drug-likeness (QED) is 0.296. The number of aliphatic imine (C=N–C) groups is 1. The fourth-order valence-corrected chi connectivity index (χ4v) is 2.33. The van der Waals surface area contributed by atoms with Crippen molar-refractivity contribution in [3.05, 3.63) is 59.5 Å². The van der Waals surface area contributed by atoms with Gasteiger partial charge in [0, 0.05) is 25.7 Å². The van der Waals surface area contributed by atoms with E-state index in [-0.39, 0.29) is 42.1 Å². The third kappa shape index (κ3) is 9.12. The molecule has 0 atom stereocenters. The first kappa shape index (κ1) is 23.8. The van der Waals surface area contributed by atoms with Crippen LogP contribution >= 0.6 is 24.0 Å². The van der Waals surface area contributed by atoms with E-state index in [4.69, 9.17) is 0 Å². The molecule has 0 saturated carbocycles. The summed E-state index contributed by atoms with van der Waals surface area (Å²) >= 11 is 0. The lowest BCUT2D eigenvalue weighted by Gasteiger charge is -2.11. The number of nitrogens with one attached hydrogen (secondary N) is 3. The molecule has 3 N–H and O–H groups in total. The van der Waals surface area contributed by atoms with Gasteiger partial charge in [-0.15, -0.1) is 24.0 Å². The summed E-state index contributed by atoms with van der Waals surface area (Å²) < 4.78 is 12.9. The van der Waals surface area contributed by atoms with Crippen molar-refractivity contribution < 1.29 is 9.18 Å². The van der Waals surface area contributed by atoms with Gasteiger partial charge in [-0.05, 0) is 49.6 Å². The van der Waals surface area contributed by atoms with Crippen molar-refractivity contribution in [2.75, 3.05) is 25.0 Å². The summed E-state index contributed by atoms with van der Waals surface area (Å²) in [6, 6.07) is 10.1. The molecule has 0 bridgehead atoms. The van der Waals surface area contributed by atoms with E-state index in [1.807, 2.05) is 19.9 Å². The number of nitrogens with zero attached hydrogens (tertiary/aromatic N) is 2. The van der Waals surface area contributed by atoms with E-state index in [0.29, 0.717) is 24.9 Å². The molecule has 8 heteroatoms. The average Bonchev–Trinajstić information content (AvgIpc) is 2.65. The van der Waals surface area contributed by atoms with E-state index in [0.717, 1.165) is 24.1 Å². The van der Waals surface area contributed by atoms with Crippen molar-refractivity contribution in [2.45, 2.75) is 26.7 Å². The minimum atomic E-state index is -0.235. The smallest absolute Gasteiger partial charge is 0.227 e. The van der Waals surface area contributed by atoms with Crippen LogP contribution < -0.4 is 16.0 Å². The van der Waals surface area contributed by atoms with Gasteiger partial charge in [-0.3, -0.25) is 9.79 Å². The summed E-state index contributed by atoms with van der Waals surface area (Å²) in [7, 11) is 0. The topological polar surface area (TPSA) is 78.4 Å². The number of halogens is 2. The van der Waals surface area contributed by atoms with Crippen LogP contribution in [0.25, 0.3) is 0 Å². The fraction of sp³-hybridized carbons (Fsp3) is 0.350. The minimum Gasteiger partial charge on any atom is -0.357 e. The van der Waals surface area contributed by atoms with Gasteiger partial charge in [0.05, 0.1) is 6.54 Å². The highest BCUT2D eigenvalue weighted by Gasteiger charge is 2.04. The maximum absolute atomic E-state index is 12.9. The Balaban J connectivity index is 0.00000392. The number of anilines is 1. The van der Waals surface area contributed by atoms with Gasteiger partial charge in [0.1, 0.15) is 11.6 Å². The number of hydrogen-bond acceptors (Lipinski definition) is 3. The third-order valence-electron chi connectivity index (χ3n) is 3.75. The molecule has 2 rings (SSSR count). The number of aryl methyl sites for hydroxylation is 1. The first-order valence-electron chi connectivity index (χ1n) is 9.06. The van der Waals surface area contributed by atoms with Crippen LogP contribution in [-0.4, -0.2) is 36.5 Å². The molecular formula is C20H27FIN5O. The molecule has 1 aromatic carbocycles. The maximum Gasteiger partial charge on any atom is 0.227 e. The van der Waals surface area contributed by atoms with E-state index in [9.17, 15) is 9.18 Å². The van der Waals surface area contributed by atoms with Crippen LogP contribution in [0, 0.1) is 12.7 Å². The van der Waals surface area contributed by atoms with Gasteiger partial charge in [0.2, 0.25) is 5.91 Å². The number of amides is 1. The number of carbonyl (C=O) groups is 1. The molecule has 152 valence electrons. The second-order valence-corrected chi connectivity index (χ2v) is 6.08. The molecule has 0 aliphatic rings. The third-order valence-corrected chi connectivity index (χ3v) is 3.75. The SMILES string of the molecule is CCNC(=NCCC(=O)Nc1ccc(C)cn1)NCCc1ccc(F)cc1.I. The Morgan fingerprint density at radius 1 is 1.14 bits per heavy atom. The van der Waals surface area contributed by atoms with Crippen LogP contribution in [0.5, 0.6) is 0 Å². The molecule has 28 heavy (non-hydrogen) atoms. The zero-order chi connectivity index (χ0) is 19.5. The Kier molecular flexibility index (Phi) is 11.1. The Morgan fingerprint density at radius 2 is 1.89 bits per heavy atom. The molecule has 0 aliphatic carbocycles. The lowest BCUT2D eigenvalue weighted by molar-refractivity contribution is -0.116. The number of rotatable bonds is 8. The van der Waals surface area contributed by atoms with Gasteiger partial charge < -0.3 is 16.0 Å². The number of carbonyl (C=O) groups excluding carboxylic acids is 1. The second kappa shape index (κ2) is 13.0. The van der Waals surface area contributed by atoms with Crippen LogP contribution in [-0.2, 0) is 11.2 Å². The summed E-state index contributed by atoms with van der Waals surface area (Å²) in [4.78, 5) is 20.5. The summed E-state index contributed by atoms with van der Waals surface area (Å²) in [6.45, 7) is 5.67. The Morgan fingerprint density at radius 3 is 2.54 bits per heavy atom. The summed E-state index contributed by atoms with van der Waals surface area (Å²) in [5.74, 6) is 0.831. The predicted octanol–water partition coefficient (Wildman–Crippen LogP) is 3.27. The molecule has 0 radical (unpaired) electrons. The van der Waals surface area contributed by atoms with Crippen molar-refractivity contribution in [1.82, 2.24) is 15.6 Å². The lowest BCUT2D eigenvalue weighted by Crippen LogP contribution is -2.38. The van der Waals surface area contributed by atoms with Gasteiger partial charge in [-0.1, -0.05) is 18.2 Å². The zero-order valence-corrected chi connectivity index (χ0v) is 18.5. The summed E-state index contributed by atoms with van der Waals surface area (Å²) in [6.07, 6.45) is 2.73. The van der Waals surface area contributed by atoms with Crippen LogP contribution in [0.2, 0.25) is 0 Å². The van der Waals surface area contributed by atoms with Crippen molar-refractivity contribution in [1.29, 1.82) is 0 Å². The second-order valence-electron chi connectivity index (χ2n) is 6.08. The van der Waals surface area contributed by atoms with E-state index >= 15 is 0 Å². The van der Waals surface area contributed by atoms with E-state index < -0.39 is 0 Å². The molecule has 6 nitrogen and oxygen atoms in total. The van der Waals surface area contributed by atoms with Crippen LogP contribution in [0.15, 0.2) is 47.6 Å². The summed E-state index contributed by atoms with van der Waals surface area (Å²) in [5.41, 5.74) is 2.09. The molecule has 0 unspecified atom stereocenters. The van der Waals surface area contributed by atoms with Crippen molar-refractivity contribution >= 4 is 41.7 Å². The van der Waals surface area contributed by atoms with Gasteiger partial charge >= 0.3 is 0 Å². The number of hydrogen-bond donors (Lipinski definition) is 3. The first-order chi connectivity index (χ1) is 13.1. The Labute approximate surface area is 182 Å². The van der Waals surface area contributed by atoms with Crippen LogP contribution in [0.4, 0.5) is 10.2 Å². The highest BCUT2D eigenvalue weighted by Crippen LogP contribution is 2.04. The highest BCUT2D eigenvalue weighted by molar-refractivity contribution is 14.0. The van der Waals surface area contributed by atoms with Gasteiger partial charge in [0.15, 0.2) is 5.96 Å². The standard InChI is InChI=1S/C20H26FN5O.HI/c1-3-22-20(23-12-10-16-5-7-17(21)8-6-16)24-13-11-19(27)26-18-9-4-15(2)14-25-18;/h4-9,14H,3,10-13H2,1-2H3,(H2,22,23,24)(H,25,26,27);1H. The predicted molar refractivity (Wildman–Crippen MR) is 122 cm³/mol. The Hall–Kier alpha value is -2.23. The molecule has 0 aliphatic heterocycles. The van der Waals surface area contributed by atoms with Crippen LogP contribution in [0.1, 0.15) is 24.5 Å².